The molecule has 9 atom stereocenters. The molecule has 0 radical (unpaired) electrons. The third kappa shape index (κ3) is 4.57. The van der Waals surface area contributed by atoms with Crippen molar-refractivity contribution >= 4 is 0 Å². The van der Waals surface area contributed by atoms with E-state index in [1.807, 2.05) is 24.3 Å². The molecule has 5 rings (SSSR count). The Hall–Kier alpha value is -2.44. The maximum atomic E-state index is 12.1. The van der Waals surface area contributed by atoms with E-state index in [9.17, 15) is 10.2 Å². The largest absolute Gasteiger partial charge is 0.493 e. The van der Waals surface area contributed by atoms with Gasteiger partial charge < -0.3 is 14.9 Å². The SMILES string of the molecule is C[C@]12CC(O)(c3cccc(OCC(CN=[N+]=[N-])N=[N+]=[N-])c3)CCC1CC[C@@H]1[C@H]2CC[C@]2(C)C(O)CC[C@@H]12. The number of hydrogen-bond acceptors (Lipinski definition) is 5. The van der Waals surface area contributed by atoms with E-state index in [-0.39, 0.29) is 30.1 Å². The average Bonchev–Trinajstić information content (AvgIpc) is 3.19. The summed E-state index contributed by atoms with van der Waals surface area (Å²) in [7, 11) is 0. The van der Waals surface area contributed by atoms with Crippen molar-refractivity contribution in [3.05, 3.63) is 50.7 Å². The number of aliphatic hydroxyl groups excluding tert-OH is 1. The summed E-state index contributed by atoms with van der Waals surface area (Å²) in [5.41, 5.74) is 17.4. The summed E-state index contributed by atoms with van der Waals surface area (Å²) >= 11 is 0. The van der Waals surface area contributed by atoms with Gasteiger partial charge in [0.15, 0.2) is 0 Å². The van der Waals surface area contributed by atoms with Gasteiger partial charge in [0.25, 0.3) is 0 Å². The van der Waals surface area contributed by atoms with Crippen LogP contribution in [0, 0.1) is 34.5 Å². The van der Waals surface area contributed by atoms with Crippen molar-refractivity contribution in [1.82, 2.24) is 0 Å². The van der Waals surface area contributed by atoms with Crippen LogP contribution in [0.25, 0.3) is 20.9 Å². The van der Waals surface area contributed by atoms with Crippen LogP contribution in [0.15, 0.2) is 34.5 Å². The van der Waals surface area contributed by atoms with E-state index in [0.717, 1.165) is 50.5 Å². The fourth-order valence-electron chi connectivity index (χ4n) is 9.03. The number of azide groups is 2. The summed E-state index contributed by atoms with van der Waals surface area (Å²) in [6.07, 6.45) is 9.15. The molecule has 37 heavy (non-hydrogen) atoms. The average molecular weight is 509 g/mol. The number of fused-ring (bicyclic) bond motifs is 5. The highest BCUT2D eigenvalue weighted by molar-refractivity contribution is 5.33. The molecule has 0 saturated heterocycles. The van der Waals surface area contributed by atoms with Gasteiger partial charge in [-0.3, -0.25) is 0 Å². The maximum absolute atomic E-state index is 12.1. The topological polar surface area (TPSA) is 147 Å². The molecule has 1 aromatic carbocycles. The number of nitrogens with zero attached hydrogens (tertiary/aromatic N) is 6. The van der Waals surface area contributed by atoms with E-state index < -0.39 is 11.6 Å². The first-order valence-corrected chi connectivity index (χ1v) is 13.9. The van der Waals surface area contributed by atoms with E-state index in [2.05, 4.69) is 33.9 Å². The monoisotopic (exact) mass is 508 g/mol. The molecule has 9 heteroatoms. The Morgan fingerprint density at radius 1 is 1.03 bits per heavy atom. The van der Waals surface area contributed by atoms with Gasteiger partial charge in [-0.1, -0.05) is 36.2 Å². The highest BCUT2D eigenvalue weighted by Gasteiger charge is 2.61. The molecule has 0 spiro atoms. The summed E-state index contributed by atoms with van der Waals surface area (Å²) in [5.74, 6) is 3.07. The zero-order valence-electron chi connectivity index (χ0n) is 22.0. The van der Waals surface area contributed by atoms with Crippen LogP contribution in [0.5, 0.6) is 5.75 Å². The molecule has 4 unspecified atom stereocenters. The number of aliphatic hydroxyl groups is 2. The van der Waals surface area contributed by atoms with Crippen molar-refractivity contribution in [3.63, 3.8) is 0 Å². The fraction of sp³-hybridized carbons (Fsp3) is 0.786. The molecule has 0 bridgehead atoms. The van der Waals surface area contributed by atoms with Crippen LogP contribution in [0.3, 0.4) is 0 Å². The summed E-state index contributed by atoms with van der Waals surface area (Å²) in [5, 5.41) is 30.0. The fourth-order valence-corrected chi connectivity index (χ4v) is 9.03. The van der Waals surface area contributed by atoms with E-state index in [1.165, 1.54) is 12.8 Å². The van der Waals surface area contributed by atoms with Gasteiger partial charge in [0.1, 0.15) is 5.75 Å². The van der Waals surface area contributed by atoms with Crippen LogP contribution >= 0.6 is 0 Å². The predicted molar refractivity (Wildman–Crippen MR) is 141 cm³/mol. The van der Waals surface area contributed by atoms with Gasteiger partial charge in [-0.2, -0.15) is 0 Å². The van der Waals surface area contributed by atoms with Crippen LogP contribution in [-0.2, 0) is 5.60 Å². The molecule has 4 aliphatic rings. The van der Waals surface area contributed by atoms with Crippen molar-refractivity contribution in [2.24, 2.45) is 44.7 Å². The van der Waals surface area contributed by atoms with Crippen molar-refractivity contribution in [2.45, 2.75) is 89.4 Å². The third-order valence-corrected chi connectivity index (χ3v) is 11.0. The second-order valence-corrected chi connectivity index (χ2v) is 12.7. The second-order valence-electron chi connectivity index (χ2n) is 12.7. The third-order valence-electron chi connectivity index (χ3n) is 11.0. The summed E-state index contributed by atoms with van der Waals surface area (Å²) in [4.78, 5) is 5.55. The molecule has 0 aromatic heterocycles. The Balaban J connectivity index is 1.34. The van der Waals surface area contributed by atoms with Crippen LogP contribution < -0.4 is 4.74 Å². The normalized spacial score (nSPS) is 41.2. The number of hydrogen-bond donors (Lipinski definition) is 2. The Morgan fingerprint density at radius 3 is 2.62 bits per heavy atom. The van der Waals surface area contributed by atoms with Gasteiger partial charge in [-0.05, 0) is 121 Å². The maximum Gasteiger partial charge on any atom is 0.119 e. The lowest BCUT2D eigenvalue weighted by Gasteiger charge is -2.62. The molecule has 4 saturated carbocycles. The summed E-state index contributed by atoms with van der Waals surface area (Å²) in [6.45, 7) is 4.89. The number of rotatable bonds is 7. The van der Waals surface area contributed by atoms with Gasteiger partial charge in [0.2, 0.25) is 0 Å². The quantitative estimate of drug-likeness (QED) is 0.241. The molecule has 4 aliphatic carbocycles. The number of benzene rings is 1. The first-order chi connectivity index (χ1) is 17.7. The van der Waals surface area contributed by atoms with Gasteiger partial charge in [0.05, 0.1) is 24.4 Å². The minimum atomic E-state index is -0.919. The molecule has 4 fully saturated rings. The minimum Gasteiger partial charge on any atom is -0.493 e. The molecule has 0 amide bonds. The van der Waals surface area contributed by atoms with Crippen LogP contribution in [0.2, 0.25) is 0 Å². The van der Waals surface area contributed by atoms with E-state index in [1.54, 1.807) is 0 Å². The molecule has 2 N–H and O–H groups in total. The Morgan fingerprint density at radius 2 is 1.84 bits per heavy atom. The van der Waals surface area contributed by atoms with E-state index >= 15 is 0 Å². The van der Waals surface area contributed by atoms with Crippen molar-refractivity contribution in [3.8, 4) is 5.75 Å². The van der Waals surface area contributed by atoms with E-state index in [4.69, 9.17) is 15.8 Å². The minimum absolute atomic E-state index is 0.0313. The Labute approximate surface area is 218 Å². The van der Waals surface area contributed by atoms with Crippen molar-refractivity contribution in [2.75, 3.05) is 13.2 Å². The van der Waals surface area contributed by atoms with Crippen LogP contribution in [-0.4, -0.2) is 35.5 Å². The summed E-state index contributed by atoms with van der Waals surface area (Å²) in [6, 6.07) is 7.06. The highest BCUT2D eigenvalue weighted by Crippen LogP contribution is 2.67. The molecule has 200 valence electrons. The lowest BCUT2D eigenvalue weighted by molar-refractivity contribution is -0.165. The lowest BCUT2D eigenvalue weighted by atomic mass is 9.43. The second kappa shape index (κ2) is 10.0. The zero-order valence-corrected chi connectivity index (χ0v) is 22.0. The molecular weight excluding hydrogens is 468 g/mol. The molecule has 0 aliphatic heterocycles. The van der Waals surface area contributed by atoms with Crippen molar-refractivity contribution < 1.29 is 14.9 Å². The predicted octanol–water partition coefficient (Wildman–Crippen LogP) is 6.65. The first kappa shape index (κ1) is 26.2. The highest BCUT2D eigenvalue weighted by atomic mass is 16.5. The summed E-state index contributed by atoms with van der Waals surface area (Å²) < 4.78 is 5.90. The zero-order chi connectivity index (χ0) is 26.3. The molecule has 9 nitrogen and oxygen atoms in total. The van der Waals surface area contributed by atoms with Gasteiger partial charge in [-0.15, -0.1) is 0 Å². The Bertz CT molecular complexity index is 1100. The van der Waals surface area contributed by atoms with Crippen LogP contribution in [0.1, 0.15) is 77.2 Å². The first-order valence-electron chi connectivity index (χ1n) is 13.9. The molecule has 1 aromatic rings. The molecule has 0 heterocycles. The smallest absolute Gasteiger partial charge is 0.119 e. The molecular formula is C28H40N6O3. The van der Waals surface area contributed by atoms with E-state index in [0.29, 0.717) is 29.4 Å². The van der Waals surface area contributed by atoms with Gasteiger partial charge >= 0.3 is 0 Å². The lowest BCUT2D eigenvalue weighted by Crippen LogP contribution is -2.56. The standard InChI is InChI=1S/C28H40N6O3/c1-26-12-11-24-22(23(26)8-9-25(26)35)7-6-18-10-13-28(36,17-27(18,24)2)19-4-3-5-21(14-19)37-16-20(32-34-30)15-31-33-29/h3-5,14,18,20,22-25,35-36H,6-13,15-17H2,1-2H3/t18?,20?,22-,23-,24+,25?,26-,27-,28?/m0/s1. The van der Waals surface area contributed by atoms with Gasteiger partial charge in [-0.25, -0.2) is 0 Å². The van der Waals surface area contributed by atoms with Gasteiger partial charge in [0, 0.05) is 16.4 Å². The number of ether oxygens (including phenoxy) is 1. The Kier molecular flexibility index (Phi) is 7.10. The van der Waals surface area contributed by atoms with Crippen LogP contribution in [0.4, 0.5) is 0 Å². The van der Waals surface area contributed by atoms with Crippen molar-refractivity contribution in [1.29, 1.82) is 0 Å².